The van der Waals surface area contributed by atoms with Gasteiger partial charge < -0.3 is 11.1 Å². The van der Waals surface area contributed by atoms with Crippen molar-refractivity contribution in [3.63, 3.8) is 0 Å². The second kappa shape index (κ2) is 8.22. The van der Waals surface area contributed by atoms with Crippen molar-refractivity contribution >= 4 is 30.1 Å². The van der Waals surface area contributed by atoms with E-state index in [1.165, 1.54) is 12.8 Å². The van der Waals surface area contributed by atoms with Gasteiger partial charge in [0, 0.05) is 11.3 Å². The fourth-order valence-corrected chi connectivity index (χ4v) is 2.92. The van der Waals surface area contributed by atoms with Crippen molar-refractivity contribution < 1.29 is 4.79 Å². The summed E-state index contributed by atoms with van der Waals surface area (Å²) < 4.78 is 0. The summed E-state index contributed by atoms with van der Waals surface area (Å²) in [6.07, 6.45) is 6.84. The topological polar surface area (TPSA) is 55.1 Å². The molecule has 0 radical (unpaired) electrons. The molecular formula is C12H25ClN2OS. The molecule has 0 aromatic rings. The van der Waals surface area contributed by atoms with E-state index in [-0.39, 0.29) is 30.3 Å². The second-order valence-corrected chi connectivity index (χ2v) is 6.14. The van der Waals surface area contributed by atoms with E-state index in [1.807, 2.05) is 25.6 Å². The van der Waals surface area contributed by atoms with Crippen molar-refractivity contribution in [3.8, 4) is 0 Å². The summed E-state index contributed by atoms with van der Waals surface area (Å²) in [5.74, 6) is 0.224. The Morgan fingerprint density at radius 2 is 2.06 bits per heavy atom. The number of carbonyl (C=O) groups excluding carboxylic acids is 1. The summed E-state index contributed by atoms with van der Waals surface area (Å²) in [7, 11) is 0. The molecule has 1 saturated carbocycles. The number of hydrogen-bond acceptors (Lipinski definition) is 3. The highest BCUT2D eigenvalue weighted by molar-refractivity contribution is 7.99. The average molecular weight is 281 g/mol. The zero-order valence-corrected chi connectivity index (χ0v) is 12.6. The zero-order chi connectivity index (χ0) is 12.1. The first-order chi connectivity index (χ1) is 7.54. The van der Waals surface area contributed by atoms with Crippen molar-refractivity contribution in [2.24, 2.45) is 11.7 Å². The molecule has 1 rings (SSSR count). The summed E-state index contributed by atoms with van der Waals surface area (Å²) in [5, 5.41) is 3.79. The first-order valence-electron chi connectivity index (χ1n) is 6.13. The minimum Gasteiger partial charge on any atom is -0.352 e. The van der Waals surface area contributed by atoms with Gasteiger partial charge in [0.15, 0.2) is 0 Å². The molecule has 0 saturated heterocycles. The summed E-state index contributed by atoms with van der Waals surface area (Å²) in [4.78, 5) is 11.8. The summed E-state index contributed by atoms with van der Waals surface area (Å²) in [6.45, 7) is 3.96. The van der Waals surface area contributed by atoms with Crippen LogP contribution in [-0.4, -0.2) is 29.5 Å². The third kappa shape index (κ3) is 5.49. The summed E-state index contributed by atoms with van der Waals surface area (Å²) in [6, 6.07) is -0.0295. The molecule has 17 heavy (non-hydrogen) atoms. The molecule has 0 aromatic carbocycles. The first kappa shape index (κ1) is 17.1. The Morgan fingerprint density at radius 1 is 1.41 bits per heavy atom. The fourth-order valence-electron chi connectivity index (χ4n) is 2.09. The molecule has 1 aliphatic carbocycles. The van der Waals surface area contributed by atoms with Gasteiger partial charge in [-0.1, -0.05) is 20.3 Å². The Morgan fingerprint density at radius 3 is 2.59 bits per heavy atom. The normalized spacial score (nSPS) is 26.2. The van der Waals surface area contributed by atoms with E-state index in [4.69, 9.17) is 5.73 Å². The van der Waals surface area contributed by atoms with E-state index < -0.39 is 0 Å². The highest BCUT2D eigenvalue weighted by Gasteiger charge is 2.25. The van der Waals surface area contributed by atoms with Crippen molar-refractivity contribution in [1.82, 2.24) is 5.32 Å². The molecule has 0 heterocycles. The van der Waals surface area contributed by atoms with Gasteiger partial charge >= 0.3 is 0 Å². The molecule has 3 atom stereocenters. The number of halogens is 1. The molecule has 0 aliphatic heterocycles. The molecule has 0 spiro atoms. The molecular weight excluding hydrogens is 256 g/mol. The SMILES string of the molecule is CSC1CCCC(NC(=O)[C@H](N)C(C)C)C1.Cl. The van der Waals surface area contributed by atoms with Gasteiger partial charge in [0.1, 0.15) is 0 Å². The predicted molar refractivity (Wildman–Crippen MR) is 77.8 cm³/mol. The molecule has 2 unspecified atom stereocenters. The maximum absolute atomic E-state index is 11.8. The molecule has 3 nitrogen and oxygen atoms in total. The average Bonchev–Trinajstić information content (AvgIpc) is 2.28. The van der Waals surface area contributed by atoms with Crippen LogP contribution in [0.4, 0.5) is 0 Å². The van der Waals surface area contributed by atoms with Crippen molar-refractivity contribution in [1.29, 1.82) is 0 Å². The quantitative estimate of drug-likeness (QED) is 0.830. The maximum atomic E-state index is 11.8. The Hall–Kier alpha value is 0.0700. The number of rotatable bonds is 4. The van der Waals surface area contributed by atoms with Crippen molar-refractivity contribution in [2.45, 2.75) is 56.9 Å². The lowest BCUT2D eigenvalue weighted by Gasteiger charge is -2.30. The van der Waals surface area contributed by atoms with Gasteiger partial charge in [-0.3, -0.25) is 4.79 Å². The fraction of sp³-hybridized carbons (Fsp3) is 0.917. The smallest absolute Gasteiger partial charge is 0.237 e. The first-order valence-corrected chi connectivity index (χ1v) is 7.42. The van der Waals surface area contributed by atoms with Crippen molar-refractivity contribution in [3.05, 3.63) is 0 Å². The Bertz CT molecular complexity index is 239. The number of nitrogens with one attached hydrogen (secondary N) is 1. The molecule has 1 amide bonds. The number of carbonyl (C=O) groups is 1. The lowest BCUT2D eigenvalue weighted by atomic mass is 9.94. The van der Waals surface area contributed by atoms with Gasteiger partial charge in [0.05, 0.1) is 6.04 Å². The van der Waals surface area contributed by atoms with Crippen LogP contribution in [0.3, 0.4) is 0 Å². The number of amides is 1. The lowest BCUT2D eigenvalue weighted by molar-refractivity contribution is -0.124. The molecule has 3 N–H and O–H groups in total. The highest BCUT2D eigenvalue weighted by atomic mass is 35.5. The molecule has 0 aromatic heterocycles. The van der Waals surface area contributed by atoms with Crippen LogP contribution in [0.5, 0.6) is 0 Å². The van der Waals surface area contributed by atoms with E-state index in [0.717, 1.165) is 12.8 Å². The van der Waals surface area contributed by atoms with E-state index in [0.29, 0.717) is 11.3 Å². The highest BCUT2D eigenvalue weighted by Crippen LogP contribution is 2.26. The van der Waals surface area contributed by atoms with E-state index >= 15 is 0 Å². The van der Waals surface area contributed by atoms with Gasteiger partial charge in [0.2, 0.25) is 5.91 Å². The number of nitrogens with two attached hydrogens (primary N) is 1. The minimum absolute atomic E-state index is 0. The molecule has 1 fully saturated rings. The van der Waals surface area contributed by atoms with Gasteiger partial charge in [-0.2, -0.15) is 11.8 Å². The minimum atomic E-state index is -0.366. The van der Waals surface area contributed by atoms with Crippen LogP contribution in [0.15, 0.2) is 0 Å². The summed E-state index contributed by atoms with van der Waals surface area (Å²) >= 11 is 1.91. The Kier molecular flexibility index (Phi) is 8.25. The van der Waals surface area contributed by atoms with Crippen LogP contribution in [0.1, 0.15) is 39.5 Å². The monoisotopic (exact) mass is 280 g/mol. The number of hydrogen-bond donors (Lipinski definition) is 2. The van der Waals surface area contributed by atoms with Crippen LogP contribution >= 0.6 is 24.2 Å². The standard InChI is InChI=1S/C12H24N2OS.ClH/c1-8(2)11(13)12(15)14-9-5-4-6-10(7-9)16-3;/h8-11H,4-7,13H2,1-3H3,(H,14,15);1H/t9?,10?,11-;/m1./s1. The number of thioether (sulfide) groups is 1. The van der Waals surface area contributed by atoms with Gasteiger partial charge in [-0.25, -0.2) is 0 Å². The van der Waals surface area contributed by atoms with Crippen molar-refractivity contribution in [2.75, 3.05) is 6.26 Å². The van der Waals surface area contributed by atoms with Crippen LogP contribution in [-0.2, 0) is 4.79 Å². The predicted octanol–water partition coefficient (Wildman–Crippen LogP) is 2.18. The molecule has 102 valence electrons. The van der Waals surface area contributed by atoms with E-state index in [1.54, 1.807) is 0 Å². The van der Waals surface area contributed by atoms with E-state index in [2.05, 4.69) is 11.6 Å². The van der Waals surface area contributed by atoms with Crippen LogP contribution in [0.2, 0.25) is 0 Å². The molecule has 0 bridgehead atoms. The molecule has 5 heteroatoms. The van der Waals surface area contributed by atoms with Gasteiger partial charge in [0.25, 0.3) is 0 Å². The van der Waals surface area contributed by atoms with Crippen LogP contribution in [0, 0.1) is 5.92 Å². The maximum Gasteiger partial charge on any atom is 0.237 e. The zero-order valence-electron chi connectivity index (χ0n) is 10.9. The summed E-state index contributed by atoms with van der Waals surface area (Å²) in [5.41, 5.74) is 5.83. The Balaban J connectivity index is 0.00000256. The third-order valence-electron chi connectivity index (χ3n) is 3.33. The van der Waals surface area contributed by atoms with Gasteiger partial charge in [-0.05, 0) is 31.4 Å². The van der Waals surface area contributed by atoms with Crippen LogP contribution < -0.4 is 11.1 Å². The largest absolute Gasteiger partial charge is 0.352 e. The lowest BCUT2D eigenvalue weighted by Crippen LogP contribution is -2.49. The van der Waals surface area contributed by atoms with Gasteiger partial charge in [-0.15, -0.1) is 12.4 Å². The second-order valence-electron chi connectivity index (χ2n) is 5.00. The molecule has 1 aliphatic rings. The van der Waals surface area contributed by atoms with E-state index in [9.17, 15) is 4.79 Å². The Labute approximate surface area is 115 Å². The third-order valence-corrected chi connectivity index (χ3v) is 4.42. The van der Waals surface area contributed by atoms with Crippen LogP contribution in [0.25, 0.3) is 0 Å².